The number of rotatable bonds is 28. The summed E-state index contributed by atoms with van der Waals surface area (Å²) >= 11 is 0. The van der Waals surface area contributed by atoms with Crippen LogP contribution in [0.1, 0.15) is 166 Å². The predicted molar refractivity (Wildman–Crippen MR) is 336 cm³/mol. The van der Waals surface area contributed by atoms with E-state index in [1.165, 1.54) is 127 Å². The van der Waals surface area contributed by atoms with Gasteiger partial charge in [0.2, 0.25) is 17.1 Å². The molecule has 0 atom stereocenters. The minimum absolute atomic E-state index is 0.000876. The summed E-state index contributed by atoms with van der Waals surface area (Å²) in [5.74, 6) is -1.59. The Kier molecular flexibility index (Phi) is 20.0. The van der Waals surface area contributed by atoms with Crippen LogP contribution in [-0.4, -0.2) is 31.9 Å². The van der Waals surface area contributed by atoms with Crippen molar-refractivity contribution in [3.05, 3.63) is 203 Å². The van der Waals surface area contributed by atoms with Crippen molar-refractivity contribution in [3.8, 4) is 11.5 Å². The number of aliphatic hydroxyl groups is 2. The lowest BCUT2D eigenvalue weighted by Crippen LogP contribution is -2.25. The summed E-state index contributed by atoms with van der Waals surface area (Å²) < 4.78 is 2.03. The molecule has 414 valence electrons. The molecular weight excluding hydrogens is 985 g/mol. The number of unbranched alkanes of at least 4 members (excludes halogenated alkanes) is 18. The molecule has 0 saturated carbocycles. The van der Waals surface area contributed by atoms with E-state index in [0.29, 0.717) is 17.0 Å². The Morgan fingerprint density at radius 3 is 1.41 bits per heavy atom. The molecule has 0 heterocycles. The smallest absolute Gasteiger partial charge is 0.219 e. The zero-order valence-corrected chi connectivity index (χ0v) is 47.7. The van der Waals surface area contributed by atoms with Gasteiger partial charge in [-0.2, -0.15) is 4.58 Å². The minimum Gasteiger partial charge on any atom is -0.507 e. The van der Waals surface area contributed by atoms with E-state index in [-0.39, 0.29) is 45.3 Å². The van der Waals surface area contributed by atoms with Crippen molar-refractivity contribution in [2.75, 3.05) is 4.90 Å². The number of benzene rings is 7. The molecule has 7 aromatic rings. The number of carbonyl (C=O) groups is 1. The Labute approximate surface area is 475 Å². The van der Waals surface area contributed by atoms with Crippen molar-refractivity contribution < 1.29 is 25.2 Å². The summed E-state index contributed by atoms with van der Waals surface area (Å²) in [5, 5.41) is 51.9. The lowest BCUT2D eigenvalue weighted by molar-refractivity contribution is -0.111. The summed E-state index contributed by atoms with van der Waals surface area (Å²) in [5.41, 5.74) is 7.67. The molecule has 2 aliphatic rings. The van der Waals surface area contributed by atoms with E-state index in [0.717, 1.165) is 70.0 Å². The maximum Gasteiger partial charge on any atom is 0.219 e. The molecule has 0 fully saturated rings. The molecule has 80 heavy (non-hydrogen) atoms. The van der Waals surface area contributed by atoms with E-state index in [2.05, 4.69) is 98.8 Å². The monoisotopic (exact) mass is 1070 g/mol. The Morgan fingerprint density at radius 2 is 0.887 bits per heavy atom. The summed E-state index contributed by atoms with van der Waals surface area (Å²) in [6.45, 7) is 6.24. The third kappa shape index (κ3) is 13.5. The highest BCUT2D eigenvalue weighted by Gasteiger charge is 2.40. The summed E-state index contributed by atoms with van der Waals surface area (Å²) in [4.78, 5) is 16.5. The number of nitrogens with zero attached hydrogens (tertiary/aromatic N) is 2. The minimum atomic E-state index is -0.507. The molecule has 7 aromatic carbocycles. The van der Waals surface area contributed by atoms with Crippen LogP contribution in [0.5, 0.6) is 11.5 Å². The zero-order valence-electron chi connectivity index (χ0n) is 47.7. The molecule has 0 bridgehead atoms. The number of hydrogen-bond acceptors (Lipinski definition) is 6. The lowest BCUT2D eigenvalue weighted by Gasteiger charge is -2.30. The van der Waals surface area contributed by atoms with Gasteiger partial charge < -0.3 is 25.3 Å². The summed E-state index contributed by atoms with van der Waals surface area (Å²) in [7, 11) is 0. The lowest BCUT2D eigenvalue weighted by atomic mass is 9.74. The Hall–Kier alpha value is -7.64. The average molecular weight is 1070 g/mol. The van der Waals surface area contributed by atoms with Crippen LogP contribution in [0.3, 0.4) is 0 Å². The van der Waals surface area contributed by atoms with Gasteiger partial charge in [-0.05, 0) is 84.3 Å². The van der Waals surface area contributed by atoms with Crippen molar-refractivity contribution >= 4 is 67.0 Å². The van der Waals surface area contributed by atoms with Gasteiger partial charge in [0.15, 0.2) is 5.78 Å². The van der Waals surface area contributed by atoms with E-state index in [4.69, 9.17) is 0 Å². The molecule has 0 aliphatic heterocycles. The van der Waals surface area contributed by atoms with E-state index in [9.17, 15) is 25.2 Å². The number of aromatic hydroxyl groups is 2. The fourth-order valence-corrected chi connectivity index (χ4v) is 12.0. The largest absolute Gasteiger partial charge is 0.507 e. The normalized spacial score (nSPS) is 13.5. The van der Waals surface area contributed by atoms with Gasteiger partial charge >= 0.3 is 0 Å². The van der Waals surface area contributed by atoms with Crippen LogP contribution < -0.4 is 9.48 Å². The highest BCUT2D eigenvalue weighted by atomic mass is 16.3. The highest BCUT2D eigenvalue weighted by Crippen LogP contribution is 2.50. The second-order valence-electron chi connectivity index (χ2n) is 22.3. The fraction of sp³-hybridized carbons (Fsp3) is 0.342. The number of fused-ring (bicyclic) bond motifs is 2. The number of aliphatic hydroxyl groups excluding tert-OH is 2. The maximum atomic E-state index is 14.5. The van der Waals surface area contributed by atoms with Crippen LogP contribution in [0.25, 0.3) is 27.1 Å². The molecule has 2 aliphatic carbocycles. The fourth-order valence-electron chi connectivity index (χ4n) is 12.0. The molecular formula is C73H83N2O5+. The van der Waals surface area contributed by atoms with E-state index >= 15 is 0 Å². The van der Waals surface area contributed by atoms with Crippen molar-refractivity contribution in [1.29, 1.82) is 0 Å². The number of ketones is 1. The van der Waals surface area contributed by atoms with Crippen molar-refractivity contribution in [2.24, 2.45) is 0 Å². The van der Waals surface area contributed by atoms with Crippen LogP contribution in [0.4, 0.5) is 28.4 Å². The Bertz CT molecular complexity index is 3370. The van der Waals surface area contributed by atoms with Gasteiger partial charge in [0.25, 0.3) is 0 Å². The van der Waals surface area contributed by atoms with Crippen molar-refractivity contribution in [1.82, 2.24) is 4.58 Å². The second-order valence-corrected chi connectivity index (χ2v) is 22.3. The summed E-state index contributed by atoms with van der Waals surface area (Å²) in [6, 6.07) is 48.8. The van der Waals surface area contributed by atoms with E-state index in [1.54, 1.807) is 31.2 Å². The molecule has 0 amide bonds. The topological polar surface area (TPSA) is 104 Å². The molecule has 4 N–H and O–H groups in total. The first kappa shape index (κ1) is 57.1. The second kappa shape index (κ2) is 28.0. The van der Waals surface area contributed by atoms with Crippen LogP contribution in [0, 0.1) is 0 Å². The Morgan fingerprint density at radius 1 is 0.438 bits per heavy atom. The van der Waals surface area contributed by atoms with E-state index < -0.39 is 5.78 Å². The Balaban J connectivity index is 0.971. The van der Waals surface area contributed by atoms with Gasteiger partial charge in [-0.15, -0.1) is 0 Å². The third-order valence-electron chi connectivity index (χ3n) is 16.4. The zero-order chi connectivity index (χ0) is 55.8. The van der Waals surface area contributed by atoms with Crippen LogP contribution in [0.15, 0.2) is 186 Å². The van der Waals surface area contributed by atoms with Crippen molar-refractivity contribution in [3.63, 3.8) is 0 Å². The molecule has 0 saturated heterocycles. The van der Waals surface area contributed by atoms with Crippen LogP contribution in [0.2, 0.25) is 0 Å². The number of hydrogen-bond donors (Lipinski definition) is 4. The van der Waals surface area contributed by atoms with E-state index in [1.807, 2.05) is 58.0 Å². The van der Waals surface area contributed by atoms with Crippen LogP contribution in [-0.2, 0) is 17.6 Å². The molecule has 7 heteroatoms. The molecule has 0 unspecified atom stereocenters. The average Bonchev–Trinajstić information content (AvgIpc) is 3.53. The number of phenolic OH excluding ortho intramolecular Hbond substituents is 2. The number of aryl methyl sites for hydroxylation is 2. The van der Waals surface area contributed by atoms with Gasteiger partial charge in [-0.25, -0.2) is 0 Å². The molecule has 0 spiro atoms. The molecule has 9 rings (SSSR count). The molecule has 7 nitrogen and oxygen atoms in total. The quantitative estimate of drug-likeness (QED) is 0.0221. The predicted octanol–water partition coefficient (Wildman–Crippen LogP) is 20.3. The highest BCUT2D eigenvalue weighted by molar-refractivity contribution is 6.41. The number of Topliss-reactive ketones (excluding diaryl/α,β-unsaturated/α-hetero) is 1. The van der Waals surface area contributed by atoms with Gasteiger partial charge in [-0.3, -0.25) is 4.79 Å². The summed E-state index contributed by atoms with van der Waals surface area (Å²) in [6.07, 6.45) is 31.1. The first-order valence-electron chi connectivity index (χ1n) is 30.2. The first-order chi connectivity index (χ1) is 39.2. The first-order valence-corrected chi connectivity index (χ1v) is 30.2. The molecule has 0 aromatic heterocycles. The maximum absolute atomic E-state index is 14.5. The van der Waals surface area contributed by atoms with Gasteiger partial charge in [0.05, 0.1) is 40.0 Å². The SMILES string of the molecule is CCCCCCCCCCCCc1ccc(N(c2cc(O)c(C3=C(C)C(=C4C(O)=CC(=[N+](c5ccc(CCCCCCCCCCCC)cc5)c5cccc6ccccc56)C=C4O)C3=O)c(O)c2)c2cccc3ccccc23)cc1. The number of phenols is 2. The van der Waals surface area contributed by atoms with Gasteiger partial charge in [0.1, 0.15) is 23.0 Å². The third-order valence-corrected chi connectivity index (χ3v) is 16.4. The van der Waals surface area contributed by atoms with Crippen LogP contribution >= 0.6 is 0 Å². The number of carbonyl (C=O) groups excluding carboxylic acids is 1. The van der Waals surface area contributed by atoms with Gasteiger partial charge in [0, 0.05) is 52.6 Å². The van der Waals surface area contributed by atoms with Crippen molar-refractivity contribution in [2.45, 2.75) is 162 Å². The molecule has 0 radical (unpaired) electrons. The number of allylic oxidation sites excluding steroid dienone is 5. The van der Waals surface area contributed by atoms with Gasteiger partial charge in [-0.1, -0.05) is 220 Å². The number of anilines is 3. The standard InChI is InChI=1S/C73H82N2O5/c1-4-6-8-10-12-14-16-18-20-22-30-53-40-44-57(45-41-53)74(63-38-28-34-55-32-24-26-36-61(55)63)59-48-65(76)71(66(77)49-59)69-52(3)70(73(69)80)72-67(78)50-60(51-68(72)79)75(64-39-29-35-56-33-25-27-37-62(56)64)58-46-42-54(43-47-58)31-23-21-19-17-15-13-11-9-7-5-2/h24-29,32-51H,4-23,30-31H2,1-3H3,(H3,76,77,78,79)/p+1.